The predicted octanol–water partition coefficient (Wildman–Crippen LogP) is 2.88. The third-order valence-electron chi connectivity index (χ3n) is 2.38. The first kappa shape index (κ1) is 11.3. The molecule has 0 amide bonds. The van der Waals surface area contributed by atoms with Crippen molar-refractivity contribution >= 4 is 17.0 Å². The van der Waals surface area contributed by atoms with Crippen molar-refractivity contribution in [2.24, 2.45) is 4.99 Å². The van der Waals surface area contributed by atoms with Crippen LogP contribution in [-0.4, -0.2) is 24.6 Å². The van der Waals surface area contributed by atoms with E-state index in [0.29, 0.717) is 0 Å². The Bertz CT molecular complexity index is 375. The maximum absolute atomic E-state index is 5.73. The summed E-state index contributed by atoms with van der Waals surface area (Å²) < 4.78 is 10.9. The van der Waals surface area contributed by atoms with Crippen molar-refractivity contribution in [1.29, 1.82) is 0 Å². The number of benzene rings is 1. The Morgan fingerprint density at radius 2 is 2.19 bits per heavy atom. The third kappa shape index (κ3) is 2.50. The Morgan fingerprint density at radius 3 is 2.81 bits per heavy atom. The molecular weight excluding hydrogens is 222 g/mol. The number of thioether (sulfide) groups is 1. The minimum atomic E-state index is 0.126. The Hall–Kier alpha value is -1.16. The lowest BCUT2D eigenvalue weighted by atomic mass is 10.1. The quantitative estimate of drug-likeness (QED) is 0.810. The summed E-state index contributed by atoms with van der Waals surface area (Å²) in [7, 11) is 1.67. The average molecular weight is 237 g/mol. The lowest BCUT2D eigenvalue weighted by Gasteiger charge is -2.09. The molecule has 0 bridgehead atoms. The van der Waals surface area contributed by atoms with Gasteiger partial charge in [-0.1, -0.05) is 23.9 Å². The molecule has 0 saturated carbocycles. The van der Waals surface area contributed by atoms with Crippen LogP contribution in [0.15, 0.2) is 29.3 Å². The van der Waals surface area contributed by atoms with Gasteiger partial charge in [-0.05, 0) is 24.6 Å². The van der Waals surface area contributed by atoms with Crippen molar-refractivity contribution < 1.29 is 9.47 Å². The molecule has 0 spiro atoms. The van der Waals surface area contributed by atoms with Crippen molar-refractivity contribution in [1.82, 2.24) is 0 Å². The Labute approximate surface area is 99.9 Å². The molecule has 4 heteroatoms. The minimum absolute atomic E-state index is 0.126. The monoisotopic (exact) mass is 237 g/mol. The molecular formula is C12H15NO2S. The largest absolute Gasteiger partial charge is 0.497 e. The normalized spacial score (nSPS) is 22.1. The van der Waals surface area contributed by atoms with Gasteiger partial charge in [0.15, 0.2) is 0 Å². The molecule has 0 aliphatic carbocycles. The van der Waals surface area contributed by atoms with Crippen molar-refractivity contribution in [3.8, 4) is 5.75 Å². The van der Waals surface area contributed by atoms with Crippen LogP contribution in [0.4, 0.5) is 0 Å². The average Bonchev–Trinajstić information content (AvgIpc) is 2.78. The second kappa shape index (κ2) is 5.25. The topological polar surface area (TPSA) is 30.8 Å². The molecule has 1 atom stereocenters. The van der Waals surface area contributed by atoms with Crippen LogP contribution in [-0.2, 0) is 4.74 Å². The van der Waals surface area contributed by atoms with Crippen molar-refractivity contribution in [3.63, 3.8) is 0 Å². The number of hydrogen-bond acceptors (Lipinski definition) is 4. The van der Waals surface area contributed by atoms with E-state index in [-0.39, 0.29) is 6.10 Å². The fourth-order valence-corrected chi connectivity index (χ4v) is 2.49. The highest BCUT2D eigenvalue weighted by Crippen LogP contribution is 2.32. The van der Waals surface area contributed by atoms with Gasteiger partial charge < -0.3 is 9.47 Å². The smallest absolute Gasteiger partial charge is 0.246 e. The van der Waals surface area contributed by atoms with Gasteiger partial charge >= 0.3 is 0 Å². The highest BCUT2D eigenvalue weighted by atomic mass is 32.2. The van der Waals surface area contributed by atoms with E-state index in [2.05, 4.69) is 4.99 Å². The summed E-state index contributed by atoms with van der Waals surface area (Å²) in [6.07, 6.45) is 0.126. The van der Waals surface area contributed by atoms with Gasteiger partial charge in [-0.3, -0.25) is 0 Å². The zero-order valence-electron chi connectivity index (χ0n) is 9.47. The van der Waals surface area contributed by atoms with E-state index in [1.807, 2.05) is 31.2 Å². The van der Waals surface area contributed by atoms with E-state index < -0.39 is 0 Å². The van der Waals surface area contributed by atoms with Crippen LogP contribution < -0.4 is 4.74 Å². The molecule has 2 rings (SSSR count). The summed E-state index contributed by atoms with van der Waals surface area (Å²) >= 11 is 1.68. The zero-order valence-corrected chi connectivity index (χ0v) is 10.3. The number of hydrogen-bond donors (Lipinski definition) is 0. The number of rotatable bonds is 3. The van der Waals surface area contributed by atoms with Gasteiger partial charge in [0.1, 0.15) is 11.9 Å². The molecule has 1 aliphatic rings. The summed E-state index contributed by atoms with van der Waals surface area (Å²) in [6, 6.07) is 7.99. The molecule has 0 aromatic heterocycles. The van der Waals surface area contributed by atoms with Crippen LogP contribution in [0.5, 0.6) is 5.75 Å². The first-order valence-electron chi connectivity index (χ1n) is 5.31. The van der Waals surface area contributed by atoms with Crippen LogP contribution in [0, 0.1) is 0 Å². The Balaban J connectivity index is 2.05. The molecule has 1 unspecified atom stereocenters. The Morgan fingerprint density at radius 1 is 1.44 bits per heavy atom. The van der Waals surface area contributed by atoms with Crippen molar-refractivity contribution in [3.05, 3.63) is 29.8 Å². The van der Waals surface area contributed by atoms with E-state index in [1.165, 1.54) is 5.56 Å². The van der Waals surface area contributed by atoms with Gasteiger partial charge in [0.2, 0.25) is 5.23 Å². The highest BCUT2D eigenvalue weighted by Gasteiger charge is 2.23. The maximum atomic E-state index is 5.73. The van der Waals surface area contributed by atoms with E-state index in [9.17, 15) is 0 Å². The van der Waals surface area contributed by atoms with Crippen LogP contribution in [0.25, 0.3) is 0 Å². The number of nitrogens with zero attached hydrogens (tertiary/aromatic N) is 1. The second-order valence-electron chi connectivity index (χ2n) is 3.43. The molecule has 1 aromatic carbocycles. The molecule has 0 N–H and O–H groups in total. The summed E-state index contributed by atoms with van der Waals surface area (Å²) in [5, 5.41) is 0.809. The number of ether oxygens (including phenoxy) is 2. The first-order valence-corrected chi connectivity index (χ1v) is 6.30. The summed E-state index contributed by atoms with van der Waals surface area (Å²) in [6.45, 7) is 2.79. The van der Waals surface area contributed by atoms with E-state index >= 15 is 0 Å². The molecule has 1 aromatic rings. The number of methoxy groups -OCH3 is 1. The van der Waals surface area contributed by atoms with Crippen LogP contribution >= 0.6 is 11.8 Å². The first-order chi connectivity index (χ1) is 7.83. The summed E-state index contributed by atoms with van der Waals surface area (Å²) in [4.78, 5) is 4.27. The van der Waals surface area contributed by atoms with Gasteiger partial charge in [-0.15, -0.1) is 0 Å². The van der Waals surface area contributed by atoms with Gasteiger partial charge in [0, 0.05) is 12.3 Å². The summed E-state index contributed by atoms with van der Waals surface area (Å²) in [5.74, 6) is 1.81. The van der Waals surface area contributed by atoms with E-state index in [1.54, 1.807) is 18.9 Å². The zero-order chi connectivity index (χ0) is 11.4. The lowest BCUT2D eigenvalue weighted by molar-refractivity contribution is 0.235. The molecule has 0 radical (unpaired) electrons. The van der Waals surface area contributed by atoms with E-state index in [4.69, 9.17) is 9.47 Å². The van der Waals surface area contributed by atoms with Crippen LogP contribution in [0.3, 0.4) is 0 Å². The van der Waals surface area contributed by atoms with Gasteiger partial charge in [0.25, 0.3) is 0 Å². The fraction of sp³-hybridized carbons (Fsp3) is 0.417. The predicted molar refractivity (Wildman–Crippen MR) is 67.3 cm³/mol. The maximum Gasteiger partial charge on any atom is 0.246 e. The van der Waals surface area contributed by atoms with Crippen LogP contribution in [0.2, 0.25) is 0 Å². The van der Waals surface area contributed by atoms with Gasteiger partial charge in [-0.25, -0.2) is 4.99 Å². The molecule has 3 nitrogen and oxygen atoms in total. The molecule has 1 fully saturated rings. The Kier molecular flexibility index (Phi) is 3.72. The standard InChI is InChI=1S/C12H15NO2S/c1-3-13-12-15-11(8-16-12)9-4-6-10(14-2)7-5-9/h4-7,11H,3,8H2,1-2H3. The van der Waals surface area contributed by atoms with Crippen molar-refractivity contribution in [2.75, 3.05) is 19.4 Å². The van der Waals surface area contributed by atoms with Crippen molar-refractivity contribution in [2.45, 2.75) is 13.0 Å². The third-order valence-corrected chi connectivity index (χ3v) is 3.32. The molecule has 1 aliphatic heterocycles. The van der Waals surface area contributed by atoms with E-state index in [0.717, 1.165) is 23.3 Å². The van der Waals surface area contributed by atoms with Gasteiger partial charge in [-0.2, -0.15) is 0 Å². The molecule has 1 saturated heterocycles. The van der Waals surface area contributed by atoms with Crippen LogP contribution in [0.1, 0.15) is 18.6 Å². The minimum Gasteiger partial charge on any atom is -0.497 e. The summed E-state index contributed by atoms with van der Waals surface area (Å²) in [5.41, 5.74) is 1.18. The fourth-order valence-electron chi connectivity index (χ4n) is 1.53. The SMILES string of the molecule is CCN=C1OC(c2ccc(OC)cc2)CS1. The number of aliphatic imine (C=N–C) groups is 1. The highest BCUT2D eigenvalue weighted by molar-refractivity contribution is 8.13. The second-order valence-corrected chi connectivity index (χ2v) is 4.40. The molecule has 16 heavy (non-hydrogen) atoms. The molecule has 1 heterocycles. The lowest BCUT2D eigenvalue weighted by Crippen LogP contribution is -2.01. The molecule has 86 valence electrons. The van der Waals surface area contributed by atoms with Gasteiger partial charge in [0.05, 0.1) is 7.11 Å².